The fourth-order valence-corrected chi connectivity index (χ4v) is 2.07. The monoisotopic (exact) mass is 226 g/mol. The number of benzene rings is 2. The van der Waals surface area contributed by atoms with E-state index in [2.05, 4.69) is 44.2 Å². The highest BCUT2D eigenvalue weighted by Gasteiger charge is 2.23. The molecule has 0 heterocycles. The van der Waals surface area contributed by atoms with E-state index in [9.17, 15) is 5.11 Å². The van der Waals surface area contributed by atoms with E-state index < -0.39 is 0 Å². The molecule has 0 amide bonds. The summed E-state index contributed by atoms with van der Waals surface area (Å²) in [7, 11) is 0. The van der Waals surface area contributed by atoms with E-state index in [0.717, 1.165) is 5.56 Å². The number of aryl methyl sites for hydroxylation is 1. The Balaban J connectivity index is 2.48. The molecule has 2 aromatic carbocycles. The Morgan fingerprint density at radius 1 is 0.882 bits per heavy atom. The van der Waals surface area contributed by atoms with Gasteiger partial charge in [-0.1, -0.05) is 56.3 Å². The first-order valence-electron chi connectivity index (χ1n) is 5.87. The Hall–Kier alpha value is -1.76. The third kappa shape index (κ3) is 2.19. The van der Waals surface area contributed by atoms with Crippen LogP contribution in [0.4, 0.5) is 0 Å². The van der Waals surface area contributed by atoms with Crippen molar-refractivity contribution >= 4 is 0 Å². The van der Waals surface area contributed by atoms with Crippen LogP contribution in [-0.4, -0.2) is 5.11 Å². The van der Waals surface area contributed by atoms with Crippen molar-refractivity contribution in [3.05, 3.63) is 65.2 Å². The summed E-state index contributed by atoms with van der Waals surface area (Å²) in [5.41, 5.74) is 3.38. The van der Waals surface area contributed by atoms with Gasteiger partial charge in [0.2, 0.25) is 0 Å². The lowest BCUT2D eigenvalue weighted by atomic mass is 9.78. The lowest BCUT2D eigenvalue weighted by Gasteiger charge is -2.26. The summed E-state index contributed by atoms with van der Waals surface area (Å²) >= 11 is 0. The van der Waals surface area contributed by atoms with Gasteiger partial charge in [0.15, 0.2) is 0 Å². The maximum Gasteiger partial charge on any atom is 0.118 e. The normalized spacial score (nSPS) is 11.5. The van der Waals surface area contributed by atoms with Crippen molar-refractivity contribution < 1.29 is 5.11 Å². The van der Waals surface area contributed by atoms with Crippen molar-refractivity contribution in [2.75, 3.05) is 0 Å². The van der Waals surface area contributed by atoms with Crippen LogP contribution in [-0.2, 0) is 5.41 Å². The van der Waals surface area contributed by atoms with E-state index in [1.807, 2.05) is 19.1 Å². The zero-order valence-electron chi connectivity index (χ0n) is 10.6. The third-order valence-electron chi connectivity index (χ3n) is 3.41. The molecule has 0 aromatic heterocycles. The van der Waals surface area contributed by atoms with Crippen LogP contribution < -0.4 is 0 Å². The van der Waals surface area contributed by atoms with Gasteiger partial charge in [0, 0.05) is 5.41 Å². The van der Waals surface area contributed by atoms with Crippen LogP contribution in [0.2, 0.25) is 0 Å². The van der Waals surface area contributed by atoms with Gasteiger partial charge in [-0.25, -0.2) is 0 Å². The smallest absolute Gasteiger partial charge is 0.118 e. The molecule has 0 saturated heterocycles. The van der Waals surface area contributed by atoms with E-state index >= 15 is 0 Å². The van der Waals surface area contributed by atoms with Gasteiger partial charge in [0.25, 0.3) is 0 Å². The van der Waals surface area contributed by atoms with Gasteiger partial charge in [0.1, 0.15) is 5.75 Å². The maximum atomic E-state index is 9.58. The number of hydrogen-bond acceptors (Lipinski definition) is 1. The molecule has 0 aliphatic heterocycles. The summed E-state index contributed by atoms with van der Waals surface area (Å²) in [6.07, 6.45) is 0. The number of hydrogen-bond donors (Lipinski definition) is 1. The van der Waals surface area contributed by atoms with E-state index in [-0.39, 0.29) is 5.41 Å². The van der Waals surface area contributed by atoms with E-state index in [0.29, 0.717) is 5.75 Å². The molecule has 2 aromatic rings. The Labute approximate surface area is 103 Å². The molecular weight excluding hydrogens is 208 g/mol. The second-order valence-corrected chi connectivity index (χ2v) is 4.99. The molecule has 0 spiro atoms. The highest BCUT2D eigenvalue weighted by atomic mass is 16.3. The Bertz CT molecular complexity index is 512. The van der Waals surface area contributed by atoms with Crippen molar-refractivity contribution in [1.82, 2.24) is 0 Å². The highest BCUT2D eigenvalue weighted by molar-refractivity contribution is 5.43. The molecule has 1 nitrogen and oxygen atoms in total. The molecule has 0 atom stereocenters. The van der Waals surface area contributed by atoms with Crippen molar-refractivity contribution in [2.24, 2.45) is 0 Å². The lowest BCUT2D eigenvalue weighted by Crippen LogP contribution is -2.18. The molecule has 0 saturated carbocycles. The number of phenols is 1. The second kappa shape index (κ2) is 4.25. The quantitative estimate of drug-likeness (QED) is 0.819. The van der Waals surface area contributed by atoms with Crippen molar-refractivity contribution in [2.45, 2.75) is 26.2 Å². The molecule has 1 heteroatoms. The molecule has 0 radical (unpaired) electrons. The first-order valence-corrected chi connectivity index (χ1v) is 5.87. The predicted molar refractivity (Wildman–Crippen MR) is 71.4 cm³/mol. The summed E-state index contributed by atoms with van der Waals surface area (Å²) in [6, 6.07) is 16.3. The van der Waals surface area contributed by atoms with Crippen molar-refractivity contribution in [1.29, 1.82) is 0 Å². The Morgan fingerprint density at radius 3 is 2.12 bits per heavy atom. The average Bonchev–Trinajstić information content (AvgIpc) is 2.33. The van der Waals surface area contributed by atoms with Gasteiger partial charge in [-0.15, -0.1) is 0 Å². The number of rotatable bonds is 2. The largest absolute Gasteiger partial charge is 0.508 e. The summed E-state index contributed by atoms with van der Waals surface area (Å²) in [5, 5.41) is 9.58. The fraction of sp³-hybridized carbons (Fsp3) is 0.250. The van der Waals surface area contributed by atoms with E-state index in [4.69, 9.17) is 0 Å². The molecule has 0 aliphatic rings. The summed E-state index contributed by atoms with van der Waals surface area (Å²) in [6.45, 7) is 6.34. The zero-order valence-corrected chi connectivity index (χ0v) is 10.6. The first-order chi connectivity index (χ1) is 8.01. The molecular formula is C16H18O. The van der Waals surface area contributed by atoms with Crippen molar-refractivity contribution in [3.63, 3.8) is 0 Å². The van der Waals surface area contributed by atoms with Crippen LogP contribution >= 0.6 is 0 Å². The van der Waals surface area contributed by atoms with Gasteiger partial charge >= 0.3 is 0 Å². The minimum atomic E-state index is -0.0419. The predicted octanol–water partition coefficient (Wildman–Crippen LogP) is 4.03. The van der Waals surface area contributed by atoms with Gasteiger partial charge in [0.05, 0.1) is 0 Å². The van der Waals surface area contributed by atoms with E-state index in [1.165, 1.54) is 11.1 Å². The fourth-order valence-electron chi connectivity index (χ4n) is 2.07. The molecule has 0 unspecified atom stereocenters. The third-order valence-corrected chi connectivity index (χ3v) is 3.41. The average molecular weight is 226 g/mol. The van der Waals surface area contributed by atoms with Gasteiger partial charge in [-0.05, 0) is 29.7 Å². The molecule has 0 bridgehead atoms. The SMILES string of the molecule is Cc1cc(C(C)(C)c2ccccc2)ccc1O. The summed E-state index contributed by atoms with van der Waals surface area (Å²) < 4.78 is 0. The van der Waals surface area contributed by atoms with Gasteiger partial charge in [-0.2, -0.15) is 0 Å². The standard InChI is InChI=1S/C16H18O/c1-12-11-14(9-10-15(12)17)16(2,3)13-7-5-4-6-8-13/h4-11,17H,1-3H3. The molecule has 17 heavy (non-hydrogen) atoms. The maximum absolute atomic E-state index is 9.58. The highest BCUT2D eigenvalue weighted by Crippen LogP contribution is 2.33. The number of aromatic hydroxyl groups is 1. The first kappa shape index (κ1) is 11.7. The van der Waals surface area contributed by atoms with Crippen LogP contribution in [0, 0.1) is 6.92 Å². The van der Waals surface area contributed by atoms with Gasteiger partial charge in [-0.3, -0.25) is 0 Å². The molecule has 88 valence electrons. The minimum absolute atomic E-state index is 0.0419. The molecule has 0 fully saturated rings. The topological polar surface area (TPSA) is 20.2 Å². The lowest BCUT2D eigenvalue weighted by molar-refractivity contribution is 0.470. The van der Waals surface area contributed by atoms with Crippen LogP contribution in [0.5, 0.6) is 5.75 Å². The van der Waals surface area contributed by atoms with Crippen LogP contribution in [0.1, 0.15) is 30.5 Å². The second-order valence-electron chi connectivity index (χ2n) is 4.99. The zero-order chi connectivity index (χ0) is 12.5. The summed E-state index contributed by atoms with van der Waals surface area (Å²) in [4.78, 5) is 0. The van der Waals surface area contributed by atoms with Crippen LogP contribution in [0.15, 0.2) is 48.5 Å². The van der Waals surface area contributed by atoms with Crippen LogP contribution in [0.25, 0.3) is 0 Å². The Kier molecular flexibility index (Phi) is 2.93. The molecule has 0 aliphatic carbocycles. The van der Waals surface area contributed by atoms with Gasteiger partial charge < -0.3 is 5.11 Å². The van der Waals surface area contributed by atoms with Crippen LogP contribution in [0.3, 0.4) is 0 Å². The molecule has 2 rings (SSSR count). The van der Waals surface area contributed by atoms with Crippen molar-refractivity contribution in [3.8, 4) is 5.75 Å². The molecule has 1 N–H and O–H groups in total. The van der Waals surface area contributed by atoms with E-state index in [1.54, 1.807) is 6.07 Å². The summed E-state index contributed by atoms with van der Waals surface area (Å²) in [5.74, 6) is 0.359. The minimum Gasteiger partial charge on any atom is -0.508 e. The number of phenolic OH excluding ortho intramolecular Hbond substituents is 1. The Morgan fingerprint density at radius 2 is 1.53 bits per heavy atom.